The first-order chi connectivity index (χ1) is 9.81. The van der Waals surface area contributed by atoms with Gasteiger partial charge in [-0.15, -0.1) is 0 Å². The van der Waals surface area contributed by atoms with E-state index in [2.05, 4.69) is 9.46 Å². The number of nitrogens with zero attached hydrogens (tertiary/aromatic N) is 1. The largest absolute Gasteiger partial charge is 0.468 e. The molecule has 0 fully saturated rings. The molecule has 21 heavy (non-hydrogen) atoms. The van der Waals surface area contributed by atoms with Crippen molar-refractivity contribution in [3.8, 4) is 0 Å². The number of methoxy groups -OCH3 is 1. The van der Waals surface area contributed by atoms with Gasteiger partial charge in [0.25, 0.3) is 5.69 Å². The van der Waals surface area contributed by atoms with Crippen LogP contribution in [0.5, 0.6) is 0 Å². The highest BCUT2D eigenvalue weighted by Crippen LogP contribution is 2.16. The smallest absolute Gasteiger partial charge is 0.323 e. The van der Waals surface area contributed by atoms with Crippen molar-refractivity contribution in [2.24, 2.45) is 0 Å². The van der Waals surface area contributed by atoms with Crippen molar-refractivity contribution in [2.75, 3.05) is 11.5 Å². The maximum absolute atomic E-state index is 12.1. The number of nitro groups is 1. The summed E-state index contributed by atoms with van der Waals surface area (Å²) in [6.07, 6.45) is 0.277. The number of rotatable bonds is 7. The lowest BCUT2D eigenvalue weighted by Gasteiger charge is -2.15. The molecule has 0 unspecified atom stereocenters. The van der Waals surface area contributed by atoms with Crippen LogP contribution in [0.2, 0.25) is 0 Å². The zero-order valence-corrected chi connectivity index (χ0v) is 14.0. The summed E-state index contributed by atoms with van der Waals surface area (Å²) in [6.45, 7) is 0. The Hall–Kier alpha value is -1.27. The summed E-state index contributed by atoms with van der Waals surface area (Å²) in [5.74, 6) is -0.683. The molecule has 1 rings (SSSR count). The second-order valence-corrected chi connectivity index (χ2v) is 6.72. The molecule has 0 aliphatic rings. The summed E-state index contributed by atoms with van der Waals surface area (Å²) in [7, 11) is -2.79. The predicted octanol–water partition coefficient (Wildman–Crippen LogP) is 1.24. The molecule has 1 aromatic carbocycles. The van der Waals surface area contributed by atoms with E-state index in [9.17, 15) is 23.3 Å². The van der Waals surface area contributed by atoms with Gasteiger partial charge in [0.1, 0.15) is 6.04 Å². The van der Waals surface area contributed by atoms with E-state index in [1.807, 2.05) is 22.6 Å². The zero-order chi connectivity index (χ0) is 16.0. The van der Waals surface area contributed by atoms with Crippen LogP contribution in [0.15, 0.2) is 29.2 Å². The van der Waals surface area contributed by atoms with E-state index in [-0.39, 0.29) is 17.0 Å². The third-order valence-electron chi connectivity index (χ3n) is 2.54. The fraction of sp³-hybridized carbons (Fsp3) is 0.364. The van der Waals surface area contributed by atoms with E-state index >= 15 is 0 Å². The Morgan fingerprint density at radius 3 is 2.43 bits per heavy atom. The van der Waals surface area contributed by atoms with Crippen molar-refractivity contribution < 1.29 is 22.9 Å². The topological polar surface area (TPSA) is 116 Å². The summed E-state index contributed by atoms with van der Waals surface area (Å²) in [4.78, 5) is 21.3. The van der Waals surface area contributed by atoms with Crippen LogP contribution in [-0.2, 0) is 19.6 Å². The van der Waals surface area contributed by atoms with Crippen LogP contribution in [0.4, 0.5) is 5.69 Å². The van der Waals surface area contributed by atoms with Crippen LogP contribution in [0.1, 0.15) is 6.42 Å². The number of halogens is 1. The number of hydrogen-bond acceptors (Lipinski definition) is 6. The van der Waals surface area contributed by atoms with E-state index in [1.165, 1.54) is 7.11 Å². The maximum atomic E-state index is 12.1. The fourth-order valence-electron chi connectivity index (χ4n) is 1.48. The summed E-state index contributed by atoms with van der Waals surface area (Å²) < 4.78 is 31.6. The minimum atomic E-state index is -3.96. The number of esters is 1. The third kappa shape index (κ3) is 4.89. The first-order valence-electron chi connectivity index (χ1n) is 5.72. The lowest BCUT2D eigenvalue weighted by atomic mass is 10.2. The second-order valence-electron chi connectivity index (χ2n) is 3.93. The zero-order valence-electron chi connectivity index (χ0n) is 11.0. The van der Waals surface area contributed by atoms with Gasteiger partial charge in [0.15, 0.2) is 0 Å². The minimum Gasteiger partial charge on any atom is -0.468 e. The molecule has 1 atom stereocenters. The predicted molar refractivity (Wildman–Crippen MR) is 82.7 cm³/mol. The number of ether oxygens (including phenoxy) is 1. The van der Waals surface area contributed by atoms with E-state index in [4.69, 9.17) is 0 Å². The van der Waals surface area contributed by atoms with Crippen LogP contribution < -0.4 is 4.72 Å². The van der Waals surface area contributed by atoms with Gasteiger partial charge in [-0.05, 0) is 18.6 Å². The fourth-order valence-corrected chi connectivity index (χ4v) is 3.32. The van der Waals surface area contributed by atoms with Crippen molar-refractivity contribution in [3.05, 3.63) is 34.4 Å². The highest BCUT2D eigenvalue weighted by molar-refractivity contribution is 14.1. The second kappa shape index (κ2) is 7.66. The van der Waals surface area contributed by atoms with Gasteiger partial charge in [-0.3, -0.25) is 14.9 Å². The molecular formula is C11H13IN2O6S. The lowest BCUT2D eigenvalue weighted by molar-refractivity contribution is -0.384. The third-order valence-corrected chi connectivity index (χ3v) is 4.65. The van der Waals surface area contributed by atoms with Gasteiger partial charge in [-0.25, -0.2) is 8.42 Å². The van der Waals surface area contributed by atoms with Crippen molar-refractivity contribution in [1.82, 2.24) is 4.72 Å². The highest BCUT2D eigenvalue weighted by atomic mass is 127. The molecule has 0 spiro atoms. The standard InChI is InChI=1S/C11H13IN2O6S/c1-20-11(15)10(6-7-12)13-21(18,19)9-4-2-8(3-5-9)14(16)17/h2-5,10,13H,6-7H2,1H3/t10-/m1/s1. The molecule has 0 aromatic heterocycles. The van der Waals surface area contributed by atoms with Gasteiger partial charge in [0, 0.05) is 16.6 Å². The van der Waals surface area contributed by atoms with Crippen LogP contribution in [0, 0.1) is 10.1 Å². The SMILES string of the molecule is COC(=O)[C@@H](CCI)NS(=O)(=O)c1ccc([N+](=O)[O-])cc1. The number of non-ortho nitro benzene ring substituents is 1. The summed E-state index contributed by atoms with van der Waals surface area (Å²) in [5.41, 5.74) is -0.217. The maximum Gasteiger partial charge on any atom is 0.323 e. The van der Waals surface area contributed by atoms with Crippen LogP contribution in [0.3, 0.4) is 0 Å². The molecule has 116 valence electrons. The van der Waals surface area contributed by atoms with Gasteiger partial charge < -0.3 is 4.74 Å². The Balaban J connectivity index is 2.98. The number of hydrogen-bond donors (Lipinski definition) is 1. The molecule has 1 N–H and O–H groups in total. The number of nitro benzene ring substituents is 1. The van der Waals surface area contributed by atoms with Crippen molar-refractivity contribution in [2.45, 2.75) is 17.4 Å². The number of benzene rings is 1. The van der Waals surface area contributed by atoms with Gasteiger partial charge in [0.05, 0.1) is 16.9 Å². The average Bonchev–Trinajstić information content (AvgIpc) is 2.45. The molecule has 1 aromatic rings. The Kier molecular flexibility index (Phi) is 6.48. The summed E-state index contributed by atoms with van der Waals surface area (Å²) in [6, 6.07) is 3.39. The Morgan fingerprint density at radius 1 is 1.43 bits per heavy atom. The first-order valence-corrected chi connectivity index (χ1v) is 8.73. The Labute approximate surface area is 135 Å². The minimum absolute atomic E-state index is 0.157. The van der Waals surface area contributed by atoms with Gasteiger partial charge in [-0.2, -0.15) is 4.72 Å². The van der Waals surface area contributed by atoms with E-state index in [0.29, 0.717) is 4.43 Å². The monoisotopic (exact) mass is 428 g/mol. The molecule has 0 saturated carbocycles. The Bertz CT molecular complexity index is 616. The normalized spacial score (nSPS) is 12.7. The van der Waals surface area contributed by atoms with Gasteiger partial charge in [-0.1, -0.05) is 22.6 Å². The number of carbonyl (C=O) groups excluding carboxylic acids is 1. The molecule has 0 saturated heterocycles. The summed E-state index contributed by atoms with van der Waals surface area (Å²) in [5, 5.41) is 10.5. The number of nitrogens with one attached hydrogen (secondary N) is 1. The molecule has 10 heteroatoms. The lowest BCUT2D eigenvalue weighted by Crippen LogP contribution is -2.41. The molecule has 0 heterocycles. The summed E-state index contributed by atoms with van der Waals surface area (Å²) >= 11 is 2.01. The molecular weight excluding hydrogens is 415 g/mol. The van der Waals surface area contributed by atoms with Crippen molar-refractivity contribution >= 4 is 44.3 Å². The Morgan fingerprint density at radius 2 is 2.00 bits per heavy atom. The molecule has 0 amide bonds. The number of carbonyl (C=O) groups is 1. The van der Waals surface area contributed by atoms with E-state index in [1.54, 1.807) is 0 Å². The molecule has 0 bridgehead atoms. The van der Waals surface area contributed by atoms with E-state index < -0.39 is 27.0 Å². The molecule has 8 nitrogen and oxygen atoms in total. The first kappa shape index (κ1) is 17.8. The average molecular weight is 428 g/mol. The van der Waals surface area contributed by atoms with Crippen LogP contribution in [0.25, 0.3) is 0 Å². The van der Waals surface area contributed by atoms with Gasteiger partial charge in [0.2, 0.25) is 10.0 Å². The van der Waals surface area contributed by atoms with Gasteiger partial charge >= 0.3 is 5.97 Å². The van der Waals surface area contributed by atoms with Crippen molar-refractivity contribution in [3.63, 3.8) is 0 Å². The highest BCUT2D eigenvalue weighted by Gasteiger charge is 2.26. The quantitative estimate of drug-likeness (QED) is 0.230. The van der Waals surface area contributed by atoms with E-state index in [0.717, 1.165) is 24.3 Å². The molecule has 0 aliphatic heterocycles. The number of alkyl halides is 1. The number of sulfonamides is 1. The van der Waals surface area contributed by atoms with Crippen LogP contribution in [-0.4, -0.2) is 36.9 Å². The molecule has 0 aliphatic carbocycles. The van der Waals surface area contributed by atoms with Crippen LogP contribution >= 0.6 is 22.6 Å². The van der Waals surface area contributed by atoms with Crippen molar-refractivity contribution in [1.29, 1.82) is 0 Å². The molecule has 0 radical (unpaired) electrons.